The average Bonchev–Trinajstić information content (AvgIpc) is 2.65. The topological polar surface area (TPSA) is 12.0 Å². The van der Waals surface area contributed by atoms with Gasteiger partial charge in [-0.2, -0.15) is 0 Å². The van der Waals surface area contributed by atoms with Crippen LogP contribution < -0.4 is 5.32 Å². The molecular weight excluding hydrogens is 177 g/mol. The van der Waals surface area contributed by atoms with Gasteiger partial charge in [0.15, 0.2) is 0 Å². The molecule has 1 spiro atoms. The van der Waals surface area contributed by atoms with Crippen LogP contribution in [0.3, 0.4) is 0 Å². The highest BCUT2D eigenvalue weighted by atomic mass is 19.1. The molecule has 1 saturated carbocycles. The Morgan fingerprint density at radius 1 is 1.43 bits per heavy atom. The van der Waals surface area contributed by atoms with Crippen molar-refractivity contribution in [3.05, 3.63) is 35.6 Å². The van der Waals surface area contributed by atoms with Crippen molar-refractivity contribution >= 4 is 0 Å². The zero-order chi connectivity index (χ0) is 9.60. The van der Waals surface area contributed by atoms with E-state index in [0.717, 1.165) is 13.1 Å². The molecule has 1 saturated heterocycles. The highest BCUT2D eigenvalue weighted by Gasteiger charge is 2.55. The van der Waals surface area contributed by atoms with E-state index in [1.165, 1.54) is 24.5 Å². The molecule has 2 atom stereocenters. The zero-order valence-electron chi connectivity index (χ0n) is 8.09. The molecule has 1 aliphatic carbocycles. The monoisotopic (exact) mass is 191 g/mol. The van der Waals surface area contributed by atoms with Gasteiger partial charge in [0.1, 0.15) is 5.82 Å². The van der Waals surface area contributed by atoms with Gasteiger partial charge < -0.3 is 5.32 Å². The van der Waals surface area contributed by atoms with E-state index in [4.69, 9.17) is 0 Å². The molecule has 1 N–H and O–H groups in total. The van der Waals surface area contributed by atoms with Crippen LogP contribution in [0.2, 0.25) is 0 Å². The third kappa shape index (κ3) is 1.17. The predicted octanol–water partition coefficient (Wildman–Crippen LogP) is 2.29. The van der Waals surface area contributed by atoms with Crippen molar-refractivity contribution < 1.29 is 4.39 Å². The molecule has 2 unspecified atom stereocenters. The molecule has 1 heterocycles. The summed E-state index contributed by atoms with van der Waals surface area (Å²) in [5, 5.41) is 3.40. The van der Waals surface area contributed by atoms with Crippen molar-refractivity contribution in [2.24, 2.45) is 5.41 Å². The van der Waals surface area contributed by atoms with Gasteiger partial charge >= 0.3 is 0 Å². The molecule has 1 aromatic rings. The molecule has 2 aliphatic rings. The van der Waals surface area contributed by atoms with Gasteiger partial charge in [-0.05, 0) is 48.4 Å². The van der Waals surface area contributed by atoms with Crippen LogP contribution in [0, 0.1) is 11.2 Å². The first-order valence-corrected chi connectivity index (χ1v) is 5.26. The van der Waals surface area contributed by atoms with Gasteiger partial charge in [-0.3, -0.25) is 0 Å². The first-order valence-electron chi connectivity index (χ1n) is 5.26. The summed E-state index contributed by atoms with van der Waals surface area (Å²) < 4.78 is 13.0. The Hall–Kier alpha value is -0.890. The van der Waals surface area contributed by atoms with Crippen molar-refractivity contribution in [3.63, 3.8) is 0 Å². The highest BCUT2D eigenvalue weighted by Crippen LogP contribution is 2.62. The van der Waals surface area contributed by atoms with E-state index < -0.39 is 0 Å². The Morgan fingerprint density at radius 2 is 2.36 bits per heavy atom. The molecule has 0 aromatic heterocycles. The van der Waals surface area contributed by atoms with Gasteiger partial charge in [0.05, 0.1) is 0 Å². The predicted molar refractivity (Wildman–Crippen MR) is 53.7 cm³/mol. The summed E-state index contributed by atoms with van der Waals surface area (Å²) in [6.45, 7) is 2.25. The Labute approximate surface area is 83.3 Å². The summed E-state index contributed by atoms with van der Waals surface area (Å²) in [6.07, 6.45) is 2.50. The molecule has 2 fully saturated rings. The fraction of sp³-hybridized carbons (Fsp3) is 0.500. The SMILES string of the molecule is Fc1cccc(C2CC23CCNC3)c1. The maximum Gasteiger partial charge on any atom is 0.123 e. The average molecular weight is 191 g/mol. The Balaban J connectivity index is 1.85. The van der Waals surface area contributed by atoms with Crippen LogP contribution >= 0.6 is 0 Å². The van der Waals surface area contributed by atoms with Crippen molar-refractivity contribution in [2.45, 2.75) is 18.8 Å². The standard InChI is InChI=1S/C12H14FN/c13-10-3-1-2-9(6-10)11-7-12(11)4-5-14-8-12/h1-3,6,11,14H,4-5,7-8H2. The lowest BCUT2D eigenvalue weighted by molar-refractivity contribution is 0.547. The van der Waals surface area contributed by atoms with Gasteiger partial charge in [0.25, 0.3) is 0 Å². The number of hydrogen-bond acceptors (Lipinski definition) is 1. The van der Waals surface area contributed by atoms with E-state index in [2.05, 4.69) is 11.4 Å². The third-order valence-corrected chi connectivity index (χ3v) is 3.72. The molecule has 74 valence electrons. The van der Waals surface area contributed by atoms with E-state index in [0.29, 0.717) is 11.3 Å². The van der Waals surface area contributed by atoms with Crippen LogP contribution in [0.15, 0.2) is 24.3 Å². The molecule has 2 heteroatoms. The lowest BCUT2D eigenvalue weighted by atomic mass is 9.98. The van der Waals surface area contributed by atoms with Crippen molar-refractivity contribution in [2.75, 3.05) is 13.1 Å². The quantitative estimate of drug-likeness (QED) is 0.718. The summed E-state index contributed by atoms with van der Waals surface area (Å²) in [7, 11) is 0. The van der Waals surface area contributed by atoms with Crippen molar-refractivity contribution in [1.29, 1.82) is 0 Å². The Kier molecular flexibility index (Phi) is 1.68. The lowest BCUT2D eigenvalue weighted by Gasteiger charge is -2.07. The number of hydrogen-bond donors (Lipinski definition) is 1. The number of halogens is 1. The molecule has 1 nitrogen and oxygen atoms in total. The van der Waals surface area contributed by atoms with E-state index in [-0.39, 0.29) is 5.82 Å². The zero-order valence-corrected chi connectivity index (χ0v) is 8.09. The third-order valence-electron chi connectivity index (χ3n) is 3.72. The normalized spacial score (nSPS) is 35.1. The maximum atomic E-state index is 13.0. The van der Waals surface area contributed by atoms with Gasteiger partial charge in [-0.25, -0.2) is 4.39 Å². The van der Waals surface area contributed by atoms with Gasteiger partial charge in [-0.15, -0.1) is 0 Å². The van der Waals surface area contributed by atoms with Gasteiger partial charge in [0, 0.05) is 6.54 Å². The summed E-state index contributed by atoms with van der Waals surface area (Å²) in [5.41, 5.74) is 1.67. The van der Waals surface area contributed by atoms with Gasteiger partial charge in [-0.1, -0.05) is 12.1 Å². The molecule has 3 rings (SSSR count). The van der Waals surface area contributed by atoms with E-state index in [9.17, 15) is 4.39 Å². The minimum atomic E-state index is -0.101. The minimum absolute atomic E-state index is 0.101. The second-order valence-electron chi connectivity index (χ2n) is 4.60. The van der Waals surface area contributed by atoms with Crippen LogP contribution in [-0.4, -0.2) is 13.1 Å². The summed E-state index contributed by atoms with van der Waals surface area (Å²) in [4.78, 5) is 0. The van der Waals surface area contributed by atoms with Crippen LogP contribution in [0.5, 0.6) is 0 Å². The Morgan fingerprint density at radius 3 is 3.07 bits per heavy atom. The molecule has 0 bridgehead atoms. The van der Waals surface area contributed by atoms with Crippen molar-refractivity contribution in [1.82, 2.24) is 5.32 Å². The van der Waals surface area contributed by atoms with E-state index >= 15 is 0 Å². The number of rotatable bonds is 1. The number of benzene rings is 1. The summed E-state index contributed by atoms with van der Waals surface area (Å²) in [5.74, 6) is 0.503. The summed E-state index contributed by atoms with van der Waals surface area (Å²) in [6, 6.07) is 7.09. The van der Waals surface area contributed by atoms with Crippen molar-refractivity contribution in [3.8, 4) is 0 Å². The minimum Gasteiger partial charge on any atom is -0.316 e. The first-order chi connectivity index (χ1) is 6.80. The second-order valence-corrected chi connectivity index (χ2v) is 4.60. The molecule has 0 radical (unpaired) electrons. The smallest absolute Gasteiger partial charge is 0.123 e. The highest BCUT2D eigenvalue weighted by molar-refractivity contribution is 5.31. The largest absolute Gasteiger partial charge is 0.316 e. The van der Waals surface area contributed by atoms with E-state index in [1.807, 2.05) is 6.07 Å². The maximum absolute atomic E-state index is 13.0. The van der Waals surface area contributed by atoms with Gasteiger partial charge in [0.2, 0.25) is 0 Å². The molecule has 1 aliphatic heterocycles. The van der Waals surface area contributed by atoms with Crippen LogP contribution in [-0.2, 0) is 0 Å². The molecule has 0 amide bonds. The van der Waals surface area contributed by atoms with Crippen LogP contribution in [0.1, 0.15) is 24.3 Å². The molecule has 14 heavy (non-hydrogen) atoms. The Bertz CT molecular complexity index is 355. The van der Waals surface area contributed by atoms with Crippen LogP contribution in [0.4, 0.5) is 4.39 Å². The molecular formula is C12H14FN. The lowest BCUT2D eigenvalue weighted by Crippen LogP contribution is -2.10. The molecule has 1 aromatic carbocycles. The first kappa shape index (κ1) is 8.42. The summed E-state index contributed by atoms with van der Waals surface area (Å²) >= 11 is 0. The van der Waals surface area contributed by atoms with E-state index in [1.54, 1.807) is 6.07 Å². The fourth-order valence-corrected chi connectivity index (χ4v) is 2.78. The second kappa shape index (κ2) is 2.80. The number of nitrogens with one attached hydrogen (secondary N) is 1. The fourth-order valence-electron chi connectivity index (χ4n) is 2.78. The van der Waals surface area contributed by atoms with Crippen LogP contribution in [0.25, 0.3) is 0 Å².